The van der Waals surface area contributed by atoms with E-state index >= 15 is 0 Å². The van der Waals surface area contributed by atoms with Crippen LogP contribution in [-0.4, -0.2) is 32.2 Å². The lowest BCUT2D eigenvalue weighted by Crippen LogP contribution is -1.99. The van der Waals surface area contributed by atoms with Gasteiger partial charge in [0.05, 0.1) is 6.42 Å². The average Bonchev–Trinajstić information content (AvgIpc) is 2.56. The van der Waals surface area contributed by atoms with Crippen LogP contribution in [0.15, 0.2) is 24.3 Å². The fraction of sp³-hybridized carbons (Fsp3) is 0.167. The summed E-state index contributed by atoms with van der Waals surface area (Å²) in [6.45, 7) is 1.08. The highest BCUT2D eigenvalue weighted by atomic mass is 16.4. The predicted octanol–water partition coefficient (Wildman–Crippen LogP) is 1.59. The van der Waals surface area contributed by atoms with Gasteiger partial charge in [0.1, 0.15) is 5.75 Å². The highest BCUT2D eigenvalue weighted by molar-refractivity contribution is 5.83. The van der Waals surface area contributed by atoms with Crippen molar-refractivity contribution in [2.24, 2.45) is 0 Å². The van der Waals surface area contributed by atoms with E-state index in [1.807, 2.05) is 0 Å². The van der Waals surface area contributed by atoms with Crippen LogP contribution in [0.1, 0.15) is 12.6 Å². The number of H-pyrrole nitrogens is 1. The number of aromatic hydroxyl groups is 1. The second kappa shape index (κ2) is 5.72. The molecule has 0 spiro atoms. The summed E-state index contributed by atoms with van der Waals surface area (Å²) in [5, 5.41) is 26.0. The van der Waals surface area contributed by atoms with Crippen LogP contribution in [0.2, 0.25) is 0 Å². The molecule has 0 fully saturated rings. The Labute approximate surface area is 102 Å². The minimum atomic E-state index is -0.874. The Kier molecular flexibility index (Phi) is 4.31. The van der Waals surface area contributed by atoms with Crippen molar-refractivity contribution < 1.29 is 24.9 Å². The predicted molar refractivity (Wildman–Crippen MR) is 64.6 cm³/mol. The average molecular weight is 251 g/mol. The van der Waals surface area contributed by atoms with E-state index in [1.165, 1.54) is 0 Å². The smallest absolute Gasteiger partial charge is 0.309 e. The Balaban J connectivity index is 0.000000357. The van der Waals surface area contributed by atoms with Gasteiger partial charge in [-0.15, -0.1) is 0 Å². The summed E-state index contributed by atoms with van der Waals surface area (Å²) >= 11 is 0. The van der Waals surface area contributed by atoms with Gasteiger partial charge in [0.15, 0.2) is 0 Å². The van der Waals surface area contributed by atoms with E-state index < -0.39 is 11.9 Å². The van der Waals surface area contributed by atoms with E-state index in [4.69, 9.17) is 15.0 Å². The molecular weight excluding hydrogens is 238 g/mol. The Hall–Kier alpha value is -2.50. The van der Waals surface area contributed by atoms with Crippen LogP contribution in [-0.2, 0) is 16.0 Å². The number of hydrogen-bond acceptors (Lipinski definition) is 3. The molecule has 0 aliphatic heterocycles. The van der Waals surface area contributed by atoms with Crippen molar-refractivity contribution in [3.63, 3.8) is 0 Å². The van der Waals surface area contributed by atoms with E-state index in [9.17, 15) is 9.90 Å². The summed E-state index contributed by atoms with van der Waals surface area (Å²) in [4.78, 5) is 22.4. The summed E-state index contributed by atoms with van der Waals surface area (Å²) in [5.41, 5.74) is 1.47. The van der Waals surface area contributed by atoms with Crippen molar-refractivity contribution in [3.8, 4) is 5.75 Å². The molecule has 1 aromatic carbocycles. The fourth-order valence-electron chi connectivity index (χ4n) is 1.44. The number of aromatic nitrogens is 1. The number of phenols is 1. The van der Waals surface area contributed by atoms with Gasteiger partial charge in [-0.25, -0.2) is 0 Å². The maximum absolute atomic E-state index is 10.4. The second-order valence-electron chi connectivity index (χ2n) is 3.66. The van der Waals surface area contributed by atoms with Crippen molar-refractivity contribution in [3.05, 3.63) is 30.0 Å². The number of aromatic amines is 1. The van der Waals surface area contributed by atoms with Crippen LogP contribution < -0.4 is 0 Å². The maximum atomic E-state index is 10.4. The molecule has 0 saturated heterocycles. The zero-order valence-corrected chi connectivity index (χ0v) is 9.67. The van der Waals surface area contributed by atoms with E-state index in [0.717, 1.165) is 17.8 Å². The van der Waals surface area contributed by atoms with Crippen molar-refractivity contribution in [1.82, 2.24) is 4.98 Å². The third-order valence-corrected chi connectivity index (χ3v) is 2.00. The van der Waals surface area contributed by atoms with E-state index in [1.54, 1.807) is 24.3 Å². The summed E-state index contributed by atoms with van der Waals surface area (Å²) in [7, 11) is 0. The number of carboxylic acids is 2. The zero-order chi connectivity index (χ0) is 13.7. The molecule has 0 aliphatic carbocycles. The molecule has 2 rings (SSSR count). The topological polar surface area (TPSA) is 111 Å². The van der Waals surface area contributed by atoms with Gasteiger partial charge in [-0.1, -0.05) is 0 Å². The highest BCUT2D eigenvalue weighted by Crippen LogP contribution is 2.20. The number of carbonyl (C=O) groups is 2. The van der Waals surface area contributed by atoms with Gasteiger partial charge in [-0.05, 0) is 24.3 Å². The lowest BCUT2D eigenvalue weighted by Gasteiger charge is -1.90. The molecule has 0 radical (unpaired) electrons. The number of rotatable bonds is 2. The minimum Gasteiger partial charge on any atom is -0.508 e. The summed E-state index contributed by atoms with van der Waals surface area (Å²) in [6.07, 6.45) is -0.0323. The quantitative estimate of drug-likeness (QED) is 0.647. The lowest BCUT2D eigenvalue weighted by molar-refractivity contribution is -0.136. The van der Waals surface area contributed by atoms with Crippen LogP contribution in [0.5, 0.6) is 5.75 Å². The molecule has 0 bridgehead atoms. The van der Waals surface area contributed by atoms with Gasteiger partial charge in [-0.2, -0.15) is 0 Å². The zero-order valence-electron chi connectivity index (χ0n) is 9.67. The number of fused-ring (bicyclic) bond motifs is 1. The summed E-state index contributed by atoms with van der Waals surface area (Å²) in [6, 6.07) is 6.60. The lowest BCUT2D eigenvalue weighted by atomic mass is 10.2. The van der Waals surface area contributed by atoms with Crippen molar-refractivity contribution in [1.29, 1.82) is 0 Å². The van der Waals surface area contributed by atoms with E-state index in [-0.39, 0.29) is 12.2 Å². The van der Waals surface area contributed by atoms with Crippen molar-refractivity contribution in [2.75, 3.05) is 0 Å². The van der Waals surface area contributed by atoms with Crippen LogP contribution in [0.3, 0.4) is 0 Å². The van der Waals surface area contributed by atoms with E-state index in [2.05, 4.69) is 4.98 Å². The monoisotopic (exact) mass is 251 g/mol. The summed E-state index contributed by atoms with van der Waals surface area (Å²) in [5.74, 6) is -1.53. The number of hydrogen-bond donors (Lipinski definition) is 4. The first-order chi connectivity index (χ1) is 8.38. The highest BCUT2D eigenvalue weighted by Gasteiger charge is 2.04. The third-order valence-electron chi connectivity index (χ3n) is 2.00. The first-order valence-electron chi connectivity index (χ1n) is 5.10. The Bertz CT molecular complexity index is 569. The number of carboxylic acid groups (broad SMARTS) is 2. The SMILES string of the molecule is CC(=O)O.O=C(O)Cc1cc2cc(O)ccc2[nH]1. The van der Waals surface area contributed by atoms with Crippen LogP contribution in [0, 0.1) is 0 Å². The van der Waals surface area contributed by atoms with E-state index in [0.29, 0.717) is 5.69 Å². The first-order valence-corrected chi connectivity index (χ1v) is 5.10. The molecule has 0 atom stereocenters. The number of aliphatic carboxylic acids is 2. The van der Waals surface area contributed by atoms with Gasteiger partial charge >= 0.3 is 5.97 Å². The number of benzene rings is 1. The Morgan fingerprint density at radius 2 is 1.83 bits per heavy atom. The molecule has 0 amide bonds. The number of nitrogens with one attached hydrogen (secondary N) is 1. The van der Waals surface area contributed by atoms with Crippen LogP contribution in [0.4, 0.5) is 0 Å². The van der Waals surface area contributed by atoms with Gasteiger partial charge in [-0.3, -0.25) is 9.59 Å². The standard InChI is InChI=1S/C10H9NO3.C2H4O2/c12-8-1-2-9-6(4-8)3-7(11-9)5-10(13)14;1-2(3)4/h1-4,11-12H,5H2,(H,13,14);1H3,(H,3,4). The molecule has 0 aliphatic rings. The Morgan fingerprint density at radius 1 is 1.22 bits per heavy atom. The second-order valence-corrected chi connectivity index (χ2v) is 3.66. The molecule has 0 saturated carbocycles. The molecule has 1 heterocycles. The molecule has 0 unspecified atom stereocenters. The Morgan fingerprint density at radius 3 is 2.39 bits per heavy atom. The van der Waals surface area contributed by atoms with Gasteiger partial charge < -0.3 is 20.3 Å². The largest absolute Gasteiger partial charge is 0.508 e. The molecule has 6 nitrogen and oxygen atoms in total. The van der Waals surface area contributed by atoms with Crippen LogP contribution in [0.25, 0.3) is 10.9 Å². The fourth-order valence-corrected chi connectivity index (χ4v) is 1.44. The van der Waals surface area contributed by atoms with Crippen molar-refractivity contribution in [2.45, 2.75) is 13.3 Å². The van der Waals surface area contributed by atoms with Gasteiger partial charge in [0.2, 0.25) is 0 Å². The van der Waals surface area contributed by atoms with Gasteiger partial charge in [0, 0.05) is 23.5 Å². The summed E-state index contributed by atoms with van der Waals surface area (Å²) < 4.78 is 0. The molecule has 2 aromatic rings. The van der Waals surface area contributed by atoms with Crippen molar-refractivity contribution >= 4 is 22.8 Å². The molecule has 1 aromatic heterocycles. The molecule has 4 N–H and O–H groups in total. The molecule has 6 heteroatoms. The molecule has 18 heavy (non-hydrogen) atoms. The molecule has 96 valence electrons. The van der Waals surface area contributed by atoms with Crippen LogP contribution >= 0.6 is 0 Å². The number of phenolic OH excluding ortho intramolecular Hbond substituents is 1. The maximum Gasteiger partial charge on any atom is 0.309 e. The molecular formula is C12H13NO5. The third kappa shape index (κ3) is 4.17. The normalized spacial score (nSPS) is 9.61. The van der Waals surface area contributed by atoms with Gasteiger partial charge in [0.25, 0.3) is 5.97 Å². The minimum absolute atomic E-state index is 0.0323. The first kappa shape index (κ1) is 13.6.